The Labute approximate surface area is 180 Å². The lowest BCUT2D eigenvalue weighted by molar-refractivity contribution is -0.159. The van der Waals surface area contributed by atoms with E-state index >= 15 is 0 Å². The molecule has 1 N–H and O–H groups in total. The van der Waals surface area contributed by atoms with E-state index < -0.39 is 24.5 Å². The number of likely N-dealkylation sites (tertiary alicyclic amines) is 1. The molecule has 3 unspecified atom stereocenters. The summed E-state index contributed by atoms with van der Waals surface area (Å²) in [6, 6.07) is 5.99. The van der Waals surface area contributed by atoms with E-state index in [1.807, 2.05) is 6.07 Å². The molecule has 31 heavy (non-hydrogen) atoms. The molecule has 170 valence electrons. The number of nitrogens with zero attached hydrogens (tertiary/aromatic N) is 1. The van der Waals surface area contributed by atoms with Crippen LogP contribution in [0.2, 0.25) is 0 Å². The third kappa shape index (κ3) is 4.04. The number of methoxy groups -OCH3 is 1. The van der Waals surface area contributed by atoms with Crippen molar-refractivity contribution in [3.63, 3.8) is 0 Å². The number of benzene rings is 1. The fourth-order valence-electron chi connectivity index (χ4n) is 6.01. The summed E-state index contributed by atoms with van der Waals surface area (Å²) in [6.07, 6.45) is -1.03. The molecule has 1 saturated carbocycles. The van der Waals surface area contributed by atoms with Crippen molar-refractivity contribution >= 4 is 5.91 Å². The standard InChI is InChI=1S/C23H29F3N2O3/c1-30-17-5-4-15-8-19-21-22(18(15)9-17,6-7-28(19)12-14-2-3-14)10-16(13-31-21)27-20(29)11-23(24,25)26/h4-5,9,14,16,19,21H,2-3,6-8,10-13H2,1H3,(H,27,29)/t16?,19-,21?,22?/m1/s1. The smallest absolute Gasteiger partial charge is 0.397 e. The molecular weight excluding hydrogens is 409 g/mol. The van der Waals surface area contributed by atoms with Gasteiger partial charge < -0.3 is 14.8 Å². The minimum atomic E-state index is -4.51. The Bertz CT molecular complexity index is 857. The first-order valence-electron chi connectivity index (χ1n) is 11.2. The zero-order chi connectivity index (χ0) is 21.8. The van der Waals surface area contributed by atoms with E-state index in [0.717, 1.165) is 37.6 Å². The number of carbonyl (C=O) groups excluding carboxylic acids is 1. The van der Waals surface area contributed by atoms with Crippen LogP contribution in [0.4, 0.5) is 13.2 Å². The zero-order valence-electron chi connectivity index (χ0n) is 17.7. The van der Waals surface area contributed by atoms with Gasteiger partial charge in [0.15, 0.2) is 0 Å². The normalized spacial score (nSPS) is 32.7. The Morgan fingerprint density at radius 3 is 2.87 bits per heavy atom. The lowest BCUT2D eigenvalue weighted by atomic mass is 9.58. The molecule has 1 aromatic rings. The van der Waals surface area contributed by atoms with Crippen LogP contribution in [0, 0.1) is 5.92 Å². The summed E-state index contributed by atoms with van der Waals surface area (Å²) in [7, 11) is 1.64. The molecule has 0 radical (unpaired) electrons. The zero-order valence-corrected chi connectivity index (χ0v) is 17.7. The van der Waals surface area contributed by atoms with Gasteiger partial charge in [-0.2, -0.15) is 13.2 Å². The van der Waals surface area contributed by atoms with Gasteiger partial charge >= 0.3 is 6.18 Å². The first-order chi connectivity index (χ1) is 14.8. The second-order valence-corrected chi connectivity index (χ2v) is 9.65. The molecule has 1 amide bonds. The van der Waals surface area contributed by atoms with Crippen LogP contribution < -0.4 is 10.1 Å². The average Bonchev–Trinajstić information content (AvgIpc) is 3.52. The minimum absolute atomic E-state index is 0.0182. The molecule has 4 aliphatic rings. The SMILES string of the molecule is COc1ccc2c(c1)C13CCN(CC4CC4)[C@H](C2)C1OCC(NC(=O)CC(F)(F)F)C3. The number of nitrogens with one attached hydrogen (secondary N) is 1. The maximum Gasteiger partial charge on any atom is 0.397 e. The number of alkyl halides is 3. The maximum absolute atomic E-state index is 12.7. The first kappa shape index (κ1) is 21.1. The van der Waals surface area contributed by atoms with E-state index in [0.29, 0.717) is 6.42 Å². The quantitative estimate of drug-likeness (QED) is 0.767. The number of amides is 1. The molecule has 2 saturated heterocycles. The van der Waals surface area contributed by atoms with Gasteiger partial charge in [-0.15, -0.1) is 0 Å². The lowest BCUT2D eigenvalue weighted by Gasteiger charge is -2.59. The van der Waals surface area contributed by atoms with Crippen molar-refractivity contribution in [3.05, 3.63) is 29.3 Å². The Morgan fingerprint density at radius 2 is 2.16 bits per heavy atom. The summed E-state index contributed by atoms with van der Waals surface area (Å²) in [5.74, 6) is 0.567. The molecule has 0 aromatic heterocycles. The maximum atomic E-state index is 12.7. The van der Waals surface area contributed by atoms with Crippen LogP contribution in [0.1, 0.15) is 43.2 Å². The molecule has 1 aromatic carbocycles. The highest BCUT2D eigenvalue weighted by atomic mass is 19.4. The van der Waals surface area contributed by atoms with Crippen molar-refractivity contribution in [1.82, 2.24) is 10.2 Å². The fraction of sp³-hybridized carbons (Fsp3) is 0.696. The van der Waals surface area contributed by atoms with Gasteiger partial charge in [0.1, 0.15) is 12.2 Å². The second-order valence-electron chi connectivity index (χ2n) is 9.65. The van der Waals surface area contributed by atoms with Crippen LogP contribution in [-0.2, 0) is 21.4 Å². The number of ether oxygens (including phenoxy) is 2. The van der Waals surface area contributed by atoms with Crippen LogP contribution in [0.25, 0.3) is 0 Å². The number of fused-ring (bicyclic) bond motifs is 1. The number of hydrogen-bond donors (Lipinski definition) is 1. The largest absolute Gasteiger partial charge is 0.497 e. The van der Waals surface area contributed by atoms with Crippen molar-refractivity contribution in [3.8, 4) is 5.75 Å². The molecule has 0 spiro atoms. The molecule has 8 heteroatoms. The predicted octanol–water partition coefficient (Wildman–Crippen LogP) is 3.20. The molecular formula is C23H29F3N2O3. The summed E-state index contributed by atoms with van der Waals surface area (Å²) in [5, 5.41) is 2.59. The van der Waals surface area contributed by atoms with E-state index in [1.54, 1.807) is 7.11 Å². The van der Waals surface area contributed by atoms with Crippen molar-refractivity contribution in [2.45, 2.75) is 68.3 Å². The molecule has 2 heterocycles. The Kier molecular flexibility index (Phi) is 5.20. The van der Waals surface area contributed by atoms with Gasteiger partial charge in [-0.05, 0) is 67.8 Å². The fourth-order valence-corrected chi connectivity index (χ4v) is 6.01. The third-order valence-corrected chi connectivity index (χ3v) is 7.49. The van der Waals surface area contributed by atoms with E-state index in [4.69, 9.17) is 9.47 Å². The van der Waals surface area contributed by atoms with Crippen LogP contribution >= 0.6 is 0 Å². The molecule has 5 rings (SSSR count). The van der Waals surface area contributed by atoms with Gasteiger partial charge in [-0.25, -0.2) is 0 Å². The number of hydrogen-bond acceptors (Lipinski definition) is 4. The van der Waals surface area contributed by atoms with Gasteiger partial charge in [0.05, 0.1) is 25.9 Å². The van der Waals surface area contributed by atoms with Gasteiger partial charge in [-0.1, -0.05) is 6.07 Å². The second kappa shape index (κ2) is 7.66. The lowest BCUT2D eigenvalue weighted by Crippen LogP contribution is -2.68. The summed E-state index contributed by atoms with van der Waals surface area (Å²) in [6.45, 7) is 2.29. The van der Waals surface area contributed by atoms with Gasteiger partial charge in [0, 0.05) is 18.0 Å². The van der Waals surface area contributed by atoms with Crippen LogP contribution in [0.15, 0.2) is 18.2 Å². The van der Waals surface area contributed by atoms with Crippen LogP contribution in [0.3, 0.4) is 0 Å². The van der Waals surface area contributed by atoms with Gasteiger partial charge in [0.25, 0.3) is 0 Å². The highest BCUT2D eigenvalue weighted by Crippen LogP contribution is 2.52. The molecule has 4 atom stereocenters. The van der Waals surface area contributed by atoms with Crippen LogP contribution in [-0.4, -0.2) is 62.0 Å². The number of halogens is 3. The van der Waals surface area contributed by atoms with Gasteiger partial charge in [-0.3, -0.25) is 9.69 Å². The number of rotatable bonds is 5. The van der Waals surface area contributed by atoms with Crippen molar-refractivity contribution < 1.29 is 27.4 Å². The molecule has 2 bridgehead atoms. The summed E-state index contributed by atoms with van der Waals surface area (Å²) in [4.78, 5) is 14.5. The topological polar surface area (TPSA) is 50.8 Å². The molecule has 5 nitrogen and oxygen atoms in total. The number of carbonyl (C=O) groups is 1. The molecule has 2 aliphatic carbocycles. The van der Waals surface area contributed by atoms with E-state index in [2.05, 4.69) is 22.3 Å². The Balaban J connectivity index is 1.44. The third-order valence-electron chi connectivity index (χ3n) is 7.49. The van der Waals surface area contributed by atoms with E-state index in [-0.39, 0.29) is 24.2 Å². The van der Waals surface area contributed by atoms with Crippen molar-refractivity contribution in [2.75, 3.05) is 26.8 Å². The summed E-state index contributed by atoms with van der Waals surface area (Å²) < 4.78 is 49.8. The highest BCUT2D eigenvalue weighted by molar-refractivity contribution is 5.77. The molecule has 2 aliphatic heterocycles. The average molecular weight is 438 g/mol. The Morgan fingerprint density at radius 1 is 1.35 bits per heavy atom. The van der Waals surface area contributed by atoms with Crippen molar-refractivity contribution in [2.24, 2.45) is 5.92 Å². The minimum Gasteiger partial charge on any atom is -0.497 e. The number of piperidine rings is 1. The van der Waals surface area contributed by atoms with E-state index in [9.17, 15) is 18.0 Å². The van der Waals surface area contributed by atoms with Gasteiger partial charge in [0.2, 0.25) is 5.91 Å². The first-order valence-corrected chi connectivity index (χ1v) is 11.2. The summed E-state index contributed by atoms with van der Waals surface area (Å²) in [5.41, 5.74) is 2.11. The van der Waals surface area contributed by atoms with E-state index in [1.165, 1.54) is 24.0 Å². The van der Waals surface area contributed by atoms with Crippen molar-refractivity contribution in [1.29, 1.82) is 0 Å². The van der Waals surface area contributed by atoms with Crippen LogP contribution in [0.5, 0.6) is 5.75 Å². The molecule has 3 fully saturated rings. The monoisotopic (exact) mass is 438 g/mol. The predicted molar refractivity (Wildman–Crippen MR) is 108 cm³/mol. The highest BCUT2D eigenvalue weighted by Gasteiger charge is 2.57. The summed E-state index contributed by atoms with van der Waals surface area (Å²) >= 11 is 0. The Hall–Kier alpha value is -1.80.